The Kier molecular flexibility index (Phi) is 2.86. The Morgan fingerprint density at radius 2 is 2.22 bits per heavy atom. The highest BCUT2D eigenvalue weighted by molar-refractivity contribution is 7.11. The summed E-state index contributed by atoms with van der Waals surface area (Å²) in [5, 5.41) is 8.41. The maximum absolute atomic E-state index is 13.7. The first-order chi connectivity index (χ1) is 8.56. The number of hydrogen-bond donors (Lipinski definition) is 0. The first-order valence-electron chi connectivity index (χ1n) is 5.09. The first kappa shape index (κ1) is 12.2. The van der Waals surface area contributed by atoms with Crippen molar-refractivity contribution >= 4 is 22.7 Å². The van der Waals surface area contributed by atoms with Crippen LogP contribution in [0.2, 0.25) is 0 Å². The number of halogens is 1. The van der Waals surface area contributed by atoms with Gasteiger partial charge in [0.05, 0.1) is 18.2 Å². The van der Waals surface area contributed by atoms with Crippen LogP contribution in [0.25, 0.3) is 10.4 Å². The molecule has 0 fully saturated rings. The largest absolute Gasteiger partial charge is 0.288 e. The van der Waals surface area contributed by atoms with Gasteiger partial charge in [-0.25, -0.2) is 10.1 Å². The molecule has 1 aliphatic rings. The summed E-state index contributed by atoms with van der Waals surface area (Å²) < 4.78 is 13.7. The van der Waals surface area contributed by atoms with E-state index in [1.165, 1.54) is 6.08 Å². The quantitative estimate of drug-likeness (QED) is 0.406. The molecular weight excluding hydrogens is 251 g/mol. The molecule has 0 bridgehead atoms. The van der Waals surface area contributed by atoms with E-state index in [0.717, 1.165) is 11.3 Å². The van der Waals surface area contributed by atoms with Gasteiger partial charge >= 0.3 is 0 Å². The molecule has 1 heterocycles. The average molecular weight is 258 g/mol. The Bertz CT molecular complexity index is 695. The van der Waals surface area contributed by atoms with Crippen LogP contribution in [-0.4, -0.2) is 5.78 Å². The van der Waals surface area contributed by atoms with Gasteiger partial charge in [-0.3, -0.25) is 4.79 Å². The lowest BCUT2D eigenvalue weighted by molar-refractivity contribution is 0.104. The molecule has 0 amide bonds. The minimum atomic E-state index is -0.552. The van der Waals surface area contributed by atoms with E-state index in [1.807, 2.05) is 0 Å². The van der Waals surface area contributed by atoms with Crippen molar-refractivity contribution in [3.63, 3.8) is 0 Å². The maximum atomic E-state index is 13.7. The van der Waals surface area contributed by atoms with Crippen LogP contribution in [-0.2, 0) is 0 Å². The third-order valence-corrected chi connectivity index (χ3v) is 3.67. The summed E-state index contributed by atoms with van der Waals surface area (Å²) in [4.78, 5) is 15.8. The van der Waals surface area contributed by atoms with Gasteiger partial charge in [0.15, 0.2) is 10.9 Å². The van der Waals surface area contributed by atoms with Crippen LogP contribution >= 0.6 is 11.3 Å². The van der Waals surface area contributed by atoms with Crippen molar-refractivity contribution in [1.82, 2.24) is 0 Å². The molecule has 5 heteroatoms. The van der Waals surface area contributed by atoms with Crippen molar-refractivity contribution in [1.29, 1.82) is 5.26 Å². The summed E-state index contributed by atoms with van der Waals surface area (Å²) in [6, 6.07) is 1.77. The van der Waals surface area contributed by atoms with Gasteiger partial charge in [0.2, 0.25) is 0 Å². The van der Waals surface area contributed by atoms with Crippen LogP contribution in [0.4, 0.5) is 4.39 Å². The Balaban J connectivity index is 2.94. The van der Waals surface area contributed by atoms with E-state index < -0.39 is 10.9 Å². The summed E-state index contributed by atoms with van der Waals surface area (Å²) in [7, 11) is 0. The summed E-state index contributed by atoms with van der Waals surface area (Å²) in [5.74, 6) is -0.444. The molecule has 1 aromatic heterocycles. The zero-order valence-electron chi connectivity index (χ0n) is 9.67. The van der Waals surface area contributed by atoms with Crippen molar-refractivity contribution in [2.75, 3.05) is 0 Å². The zero-order valence-corrected chi connectivity index (χ0v) is 10.5. The average Bonchev–Trinajstić information content (AvgIpc) is 2.79. The summed E-state index contributed by atoms with van der Waals surface area (Å²) in [5.41, 5.74) is 0.742. The molecule has 0 aromatic carbocycles. The lowest BCUT2D eigenvalue weighted by atomic mass is 10.0. The number of fused-ring (bicyclic) bond motifs is 1. The van der Waals surface area contributed by atoms with E-state index in [-0.39, 0.29) is 22.4 Å². The van der Waals surface area contributed by atoms with Crippen molar-refractivity contribution in [2.45, 2.75) is 13.8 Å². The molecule has 18 heavy (non-hydrogen) atoms. The molecule has 0 atom stereocenters. The number of thiophene rings is 1. The second kappa shape index (κ2) is 4.21. The third kappa shape index (κ3) is 1.42. The molecule has 88 valence electrons. The van der Waals surface area contributed by atoms with E-state index in [4.69, 9.17) is 11.8 Å². The summed E-state index contributed by atoms with van der Waals surface area (Å²) >= 11 is 0.869. The molecule has 0 aliphatic heterocycles. The standard InChI is InChI=1S/C13H7FN2OS/c1-4-7-10(8(5-15)16-3)9-6(2)18-13(14)11(9)12(7)17/h4H,1-2H3/b7-4-,10-8+. The smallest absolute Gasteiger partial charge is 0.270 e. The normalized spacial score (nSPS) is 18.5. The molecule has 0 N–H and O–H groups in total. The lowest BCUT2D eigenvalue weighted by Crippen LogP contribution is -1.96. The van der Waals surface area contributed by atoms with Crippen molar-refractivity contribution in [3.8, 4) is 6.07 Å². The van der Waals surface area contributed by atoms with E-state index >= 15 is 0 Å². The fraction of sp³-hybridized carbons (Fsp3) is 0.154. The van der Waals surface area contributed by atoms with Crippen molar-refractivity contribution < 1.29 is 9.18 Å². The van der Waals surface area contributed by atoms with Crippen molar-refractivity contribution in [2.24, 2.45) is 0 Å². The fourth-order valence-corrected chi connectivity index (χ4v) is 2.93. The minimum Gasteiger partial charge on any atom is -0.288 e. The Morgan fingerprint density at radius 3 is 2.72 bits per heavy atom. The highest BCUT2D eigenvalue weighted by Crippen LogP contribution is 2.45. The molecule has 2 rings (SSSR count). The molecule has 1 aliphatic carbocycles. The maximum Gasteiger partial charge on any atom is 0.270 e. The second-order valence-electron chi connectivity index (χ2n) is 3.66. The number of hydrogen-bond acceptors (Lipinski definition) is 3. The highest BCUT2D eigenvalue weighted by Gasteiger charge is 2.37. The number of aryl methyl sites for hydroxylation is 1. The molecule has 0 saturated carbocycles. The summed E-state index contributed by atoms with van der Waals surface area (Å²) in [6.07, 6.45) is 1.52. The molecule has 0 radical (unpaired) electrons. The van der Waals surface area contributed by atoms with Gasteiger partial charge in [-0.15, -0.1) is 11.3 Å². The number of allylic oxidation sites excluding steroid dienone is 4. The molecule has 0 spiro atoms. The first-order valence-corrected chi connectivity index (χ1v) is 5.90. The molecule has 3 nitrogen and oxygen atoms in total. The van der Waals surface area contributed by atoms with Crippen LogP contribution < -0.4 is 0 Å². The van der Waals surface area contributed by atoms with Gasteiger partial charge in [0.1, 0.15) is 0 Å². The summed E-state index contributed by atoms with van der Waals surface area (Å²) in [6.45, 7) is 10.3. The topological polar surface area (TPSA) is 45.2 Å². The monoisotopic (exact) mass is 258 g/mol. The van der Waals surface area contributed by atoms with Gasteiger partial charge in [-0.1, -0.05) is 6.08 Å². The minimum absolute atomic E-state index is 0.00278. The molecule has 0 saturated heterocycles. The number of carbonyl (C=O) groups is 1. The number of carbonyl (C=O) groups excluding carboxylic acids is 1. The Labute approximate surface area is 107 Å². The van der Waals surface area contributed by atoms with Gasteiger partial charge in [-0.05, 0) is 13.8 Å². The predicted molar refractivity (Wildman–Crippen MR) is 66.2 cm³/mol. The lowest BCUT2D eigenvalue weighted by Gasteiger charge is -2.01. The number of Topliss-reactive ketones (excluding diaryl/α,β-unsaturated/α-hetero) is 1. The van der Waals surface area contributed by atoms with Gasteiger partial charge in [0.25, 0.3) is 5.70 Å². The predicted octanol–water partition coefficient (Wildman–Crippen LogP) is 3.49. The van der Waals surface area contributed by atoms with Gasteiger partial charge in [-0.2, -0.15) is 4.39 Å². The van der Waals surface area contributed by atoms with Crippen LogP contribution in [0.1, 0.15) is 27.7 Å². The molecular formula is C13H7FN2OS. The fourth-order valence-electron chi connectivity index (χ4n) is 2.06. The highest BCUT2D eigenvalue weighted by atomic mass is 32.1. The van der Waals surface area contributed by atoms with Crippen LogP contribution in [0, 0.1) is 30.0 Å². The Morgan fingerprint density at radius 1 is 1.56 bits per heavy atom. The third-order valence-electron chi connectivity index (χ3n) is 2.78. The Hall–Kier alpha value is -2.24. The zero-order chi connectivity index (χ0) is 13.4. The second-order valence-corrected chi connectivity index (χ2v) is 4.84. The van der Waals surface area contributed by atoms with E-state index in [1.54, 1.807) is 19.9 Å². The van der Waals surface area contributed by atoms with E-state index in [9.17, 15) is 9.18 Å². The van der Waals surface area contributed by atoms with Gasteiger partial charge < -0.3 is 0 Å². The number of ketones is 1. The number of nitriles is 1. The molecule has 1 aromatic rings. The van der Waals surface area contributed by atoms with Crippen LogP contribution in [0.3, 0.4) is 0 Å². The van der Waals surface area contributed by atoms with Gasteiger partial charge in [0, 0.05) is 21.6 Å². The van der Waals surface area contributed by atoms with Crippen LogP contribution in [0.5, 0.6) is 0 Å². The van der Waals surface area contributed by atoms with Crippen molar-refractivity contribution in [3.05, 3.63) is 49.9 Å². The van der Waals surface area contributed by atoms with E-state index in [0.29, 0.717) is 10.4 Å². The number of rotatable bonds is 0. The van der Waals surface area contributed by atoms with E-state index in [2.05, 4.69) is 4.85 Å². The number of nitrogens with zero attached hydrogens (tertiary/aromatic N) is 2. The van der Waals surface area contributed by atoms with Crippen LogP contribution in [0.15, 0.2) is 17.3 Å². The SMILES string of the molecule is [C-]#[N+]/C(C#N)=C1\C(=C\C)C(=O)c2c(F)sc(C)c21. The molecule has 0 unspecified atom stereocenters.